The standard InChI is InChI=1S/C17H22N4O4S/c1-3-14-6-4-5-11-21(14)26(23,24)15-9-7-13(8-10-15)16(22)18-17-20-19-12(2)25-17/h7-10,14H,3-6,11H2,1-2H3,(H,18,20,22)/t14-/m1/s1. The van der Waals surface area contributed by atoms with E-state index >= 15 is 0 Å². The Kier molecular flexibility index (Phi) is 5.38. The average Bonchev–Trinajstić information content (AvgIpc) is 3.06. The molecule has 2 heterocycles. The first kappa shape index (κ1) is 18.5. The molecule has 0 aliphatic carbocycles. The van der Waals surface area contributed by atoms with Crippen molar-refractivity contribution in [2.24, 2.45) is 0 Å². The van der Waals surface area contributed by atoms with Crippen LogP contribution in [-0.4, -0.2) is 41.4 Å². The van der Waals surface area contributed by atoms with Gasteiger partial charge in [-0.15, -0.1) is 5.10 Å². The quantitative estimate of drug-likeness (QED) is 0.857. The van der Waals surface area contributed by atoms with E-state index in [9.17, 15) is 13.2 Å². The maximum Gasteiger partial charge on any atom is 0.322 e. The maximum atomic E-state index is 12.9. The van der Waals surface area contributed by atoms with Gasteiger partial charge in [0.2, 0.25) is 15.9 Å². The van der Waals surface area contributed by atoms with Gasteiger partial charge < -0.3 is 4.42 Å². The van der Waals surface area contributed by atoms with E-state index < -0.39 is 15.9 Å². The van der Waals surface area contributed by atoms with Crippen LogP contribution in [0.15, 0.2) is 33.6 Å². The van der Waals surface area contributed by atoms with Gasteiger partial charge >= 0.3 is 6.01 Å². The number of nitrogens with zero attached hydrogens (tertiary/aromatic N) is 3. The second-order valence-electron chi connectivity index (χ2n) is 6.28. The zero-order valence-electron chi connectivity index (χ0n) is 14.8. The van der Waals surface area contributed by atoms with Gasteiger partial charge in [0, 0.05) is 25.1 Å². The summed E-state index contributed by atoms with van der Waals surface area (Å²) in [7, 11) is -3.56. The van der Waals surface area contributed by atoms with Crippen LogP contribution in [0.25, 0.3) is 0 Å². The number of carbonyl (C=O) groups excluding carboxylic acids is 1. The lowest BCUT2D eigenvalue weighted by atomic mass is 10.0. The minimum Gasteiger partial charge on any atom is -0.408 e. The van der Waals surface area contributed by atoms with Gasteiger partial charge in [-0.2, -0.15) is 4.31 Å². The zero-order chi connectivity index (χ0) is 18.7. The van der Waals surface area contributed by atoms with Crippen LogP contribution in [0.2, 0.25) is 0 Å². The third-order valence-corrected chi connectivity index (χ3v) is 6.48. The van der Waals surface area contributed by atoms with Gasteiger partial charge in [0.25, 0.3) is 5.91 Å². The Morgan fingerprint density at radius 2 is 2.00 bits per heavy atom. The van der Waals surface area contributed by atoms with E-state index in [1.165, 1.54) is 24.3 Å². The number of anilines is 1. The first-order valence-electron chi connectivity index (χ1n) is 8.65. The van der Waals surface area contributed by atoms with Crippen molar-refractivity contribution in [3.8, 4) is 0 Å². The normalized spacial score (nSPS) is 18.6. The first-order valence-corrected chi connectivity index (χ1v) is 10.1. The Labute approximate surface area is 152 Å². The second-order valence-corrected chi connectivity index (χ2v) is 8.17. The first-order chi connectivity index (χ1) is 12.4. The van der Waals surface area contributed by atoms with Crippen molar-refractivity contribution in [1.29, 1.82) is 0 Å². The van der Waals surface area contributed by atoms with Gasteiger partial charge in [0.15, 0.2) is 0 Å². The summed E-state index contributed by atoms with van der Waals surface area (Å²) in [6.07, 6.45) is 3.61. The highest BCUT2D eigenvalue weighted by molar-refractivity contribution is 7.89. The van der Waals surface area contributed by atoms with Gasteiger partial charge in [0.1, 0.15) is 0 Å². The highest BCUT2D eigenvalue weighted by Gasteiger charge is 2.32. The Bertz CT molecular complexity index is 876. The van der Waals surface area contributed by atoms with Gasteiger partial charge in [-0.25, -0.2) is 8.42 Å². The van der Waals surface area contributed by atoms with Crippen LogP contribution in [0.5, 0.6) is 0 Å². The number of hydrogen-bond donors (Lipinski definition) is 1. The van der Waals surface area contributed by atoms with Gasteiger partial charge in [-0.3, -0.25) is 10.1 Å². The summed E-state index contributed by atoms with van der Waals surface area (Å²) in [5.41, 5.74) is 0.311. The Morgan fingerprint density at radius 1 is 1.27 bits per heavy atom. The van der Waals surface area contributed by atoms with Gasteiger partial charge in [0.05, 0.1) is 4.90 Å². The minimum atomic E-state index is -3.56. The predicted molar refractivity (Wildman–Crippen MR) is 95.3 cm³/mol. The van der Waals surface area contributed by atoms with Crippen LogP contribution in [-0.2, 0) is 10.0 Å². The van der Waals surface area contributed by atoms with Crippen molar-refractivity contribution in [3.05, 3.63) is 35.7 Å². The Morgan fingerprint density at radius 3 is 2.62 bits per heavy atom. The number of amides is 1. The number of aryl methyl sites for hydroxylation is 1. The monoisotopic (exact) mass is 378 g/mol. The van der Waals surface area contributed by atoms with E-state index in [4.69, 9.17) is 4.42 Å². The molecular weight excluding hydrogens is 356 g/mol. The molecule has 2 aromatic rings. The molecule has 1 atom stereocenters. The number of aromatic nitrogens is 2. The smallest absolute Gasteiger partial charge is 0.322 e. The fourth-order valence-corrected chi connectivity index (χ4v) is 4.90. The summed E-state index contributed by atoms with van der Waals surface area (Å²) in [6.45, 7) is 4.16. The molecule has 26 heavy (non-hydrogen) atoms. The van der Waals surface area contributed by atoms with Crippen LogP contribution in [0.1, 0.15) is 48.9 Å². The van der Waals surface area contributed by atoms with Crippen molar-refractivity contribution < 1.29 is 17.6 Å². The van der Waals surface area contributed by atoms with Gasteiger partial charge in [-0.1, -0.05) is 18.4 Å². The summed E-state index contributed by atoms with van der Waals surface area (Å²) >= 11 is 0. The summed E-state index contributed by atoms with van der Waals surface area (Å²) in [5.74, 6) is -0.101. The summed E-state index contributed by atoms with van der Waals surface area (Å²) in [6, 6.07) is 5.93. The number of hydrogen-bond acceptors (Lipinski definition) is 6. The molecule has 1 amide bonds. The largest absolute Gasteiger partial charge is 0.408 e. The molecule has 1 saturated heterocycles. The molecule has 3 rings (SSSR count). The molecule has 0 spiro atoms. The lowest BCUT2D eigenvalue weighted by Crippen LogP contribution is -2.43. The average molecular weight is 378 g/mol. The van der Waals surface area contributed by atoms with Crippen LogP contribution in [0, 0.1) is 6.92 Å². The lowest BCUT2D eigenvalue weighted by Gasteiger charge is -2.34. The summed E-state index contributed by atoms with van der Waals surface area (Å²) in [4.78, 5) is 12.4. The maximum absolute atomic E-state index is 12.9. The molecule has 0 unspecified atom stereocenters. The Balaban J connectivity index is 1.76. The molecule has 0 radical (unpaired) electrons. The van der Waals surface area contributed by atoms with E-state index in [1.807, 2.05) is 6.92 Å². The molecule has 1 aromatic carbocycles. The molecule has 1 aliphatic heterocycles. The SMILES string of the molecule is CC[C@@H]1CCCCN1S(=O)(=O)c1ccc(C(=O)Nc2nnc(C)o2)cc1. The van der Waals surface area contributed by atoms with Crippen LogP contribution >= 0.6 is 0 Å². The predicted octanol–water partition coefficient (Wildman–Crippen LogP) is 2.58. The van der Waals surface area contributed by atoms with Crippen LogP contribution in [0.3, 0.4) is 0 Å². The van der Waals surface area contributed by atoms with Crippen LogP contribution in [0.4, 0.5) is 6.01 Å². The number of sulfonamides is 1. The van der Waals surface area contributed by atoms with Gasteiger partial charge in [-0.05, 0) is 43.5 Å². The number of rotatable bonds is 5. The van der Waals surface area contributed by atoms with E-state index in [-0.39, 0.29) is 17.0 Å². The summed E-state index contributed by atoms with van der Waals surface area (Å²) < 4.78 is 32.5. The topological polar surface area (TPSA) is 105 Å². The minimum absolute atomic E-state index is 0.00306. The number of piperidine rings is 1. The third-order valence-electron chi connectivity index (χ3n) is 4.51. The molecule has 0 bridgehead atoms. The molecule has 0 saturated carbocycles. The van der Waals surface area contributed by atoms with E-state index in [2.05, 4.69) is 15.5 Å². The number of benzene rings is 1. The highest BCUT2D eigenvalue weighted by atomic mass is 32.2. The molecule has 140 valence electrons. The Hall–Kier alpha value is -2.26. The molecule has 1 aromatic heterocycles. The second kappa shape index (κ2) is 7.55. The molecule has 1 fully saturated rings. The van der Waals surface area contributed by atoms with Crippen molar-refractivity contribution in [3.63, 3.8) is 0 Å². The molecule has 9 heteroatoms. The van der Waals surface area contributed by atoms with Crippen molar-refractivity contribution in [2.45, 2.75) is 50.5 Å². The van der Waals surface area contributed by atoms with Crippen LogP contribution < -0.4 is 5.32 Å². The molecular formula is C17H22N4O4S. The lowest BCUT2D eigenvalue weighted by molar-refractivity contribution is 0.102. The fraction of sp³-hybridized carbons (Fsp3) is 0.471. The van der Waals surface area contributed by atoms with Crippen molar-refractivity contribution >= 4 is 21.9 Å². The highest BCUT2D eigenvalue weighted by Crippen LogP contribution is 2.27. The summed E-state index contributed by atoms with van der Waals surface area (Å²) in [5, 5.41) is 9.80. The zero-order valence-corrected chi connectivity index (χ0v) is 15.6. The van der Waals surface area contributed by atoms with Crippen molar-refractivity contribution in [1.82, 2.24) is 14.5 Å². The third kappa shape index (κ3) is 3.78. The van der Waals surface area contributed by atoms with E-state index in [1.54, 1.807) is 11.2 Å². The fourth-order valence-electron chi connectivity index (χ4n) is 3.13. The number of carbonyl (C=O) groups is 1. The van der Waals surface area contributed by atoms with Crippen molar-refractivity contribution in [2.75, 3.05) is 11.9 Å². The molecule has 8 nitrogen and oxygen atoms in total. The van der Waals surface area contributed by atoms with E-state index in [0.717, 1.165) is 25.7 Å². The molecule has 1 N–H and O–H groups in total. The molecule has 1 aliphatic rings. The van der Waals surface area contributed by atoms with E-state index in [0.29, 0.717) is 18.0 Å². The number of nitrogens with one attached hydrogen (secondary N) is 1.